The maximum Gasteiger partial charge on any atom is 0.243 e. The van der Waals surface area contributed by atoms with Crippen LogP contribution >= 0.6 is 0 Å². The molecule has 1 amide bonds. The van der Waals surface area contributed by atoms with E-state index in [2.05, 4.69) is 5.32 Å². The third-order valence-corrected chi connectivity index (χ3v) is 5.53. The molecule has 0 unspecified atom stereocenters. The van der Waals surface area contributed by atoms with E-state index in [4.69, 9.17) is 0 Å². The number of hydrogen-bond acceptors (Lipinski definition) is 3. The Morgan fingerprint density at radius 3 is 2.33 bits per heavy atom. The van der Waals surface area contributed by atoms with Crippen molar-refractivity contribution in [1.82, 2.24) is 9.62 Å². The fourth-order valence-electron chi connectivity index (χ4n) is 2.48. The zero-order chi connectivity index (χ0) is 15.3. The Bertz CT molecular complexity index is 575. The van der Waals surface area contributed by atoms with Gasteiger partial charge in [-0.2, -0.15) is 4.31 Å². The van der Waals surface area contributed by atoms with Gasteiger partial charge in [-0.25, -0.2) is 8.42 Å². The highest BCUT2D eigenvalue weighted by molar-refractivity contribution is 7.89. The summed E-state index contributed by atoms with van der Waals surface area (Å²) in [6.07, 6.45) is 3.22. The number of nitrogens with zero attached hydrogens (tertiary/aromatic N) is 1. The van der Waals surface area contributed by atoms with Crippen LogP contribution in [0, 0.1) is 0 Å². The first kappa shape index (κ1) is 16.0. The van der Waals surface area contributed by atoms with Gasteiger partial charge >= 0.3 is 0 Å². The number of nitrogens with one attached hydrogen (secondary N) is 1. The Labute approximate surface area is 126 Å². The number of amides is 1. The molecule has 1 aromatic carbocycles. The predicted octanol–water partition coefficient (Wildman–Crippen LogP) is 1.54. The van der Waals surface area contributed by atoms with Crippen molar-refractivity contribution in [3.63, 3.8) is 0 Å². The van der Waals surface area contributed by atoms with Gasteiger partial charge in [0.05, 0.1) is 11.3 Å². The maximum atomic E-state index is 12.5. The van der Waals surface area contributed by atoms with E-state index in [0.717, 1.165) is 24.8 Å². The molecule has 0 aliphatic carbocycles. The van der Waals surface area contributed by atoms with Gasteiger partial charge in [-0.1, -0.05) is 18.6 Å². The normalized spacial score (nSPS) is 16.6. The van der Waals surface area contributed by atoms with Gasteiger partial charge in [-0.3, -0.25) is 4.79 Å². The molecule has 0 radical (unpaired) electrons. The topological polar surface area (TPSA) is 66.5 Å². The van der Waals surface area contributed by atoms with E-state index in [-0.39, 0.29) is 12.3 Å². The second kappa shape index (κ2) is 7.04. The van der Waals surface area contributed by atoms with Crippen LogP contribution in [0.25, 0.3) is 0 Å². The van der Waals surface area contributed by atoms with Crippen LogP contribution in [0.15, 0.2) is 29.2 Å². The fourth-order valence-corrected chi connectivity index (χ4v) is 4.00. The molecule has 1 aromatic rings. The van der Waals surface area contributed by atoms with Gasteiger partial charge in [0.25, 0.3) is 0 Å². The Hall–Kier alpha value is -1.40. The van der Waals surface area contributed by atoms with Gasteiger partial charge in [0.15, 0.2) is 0 Å². The van der Waals surface area contributed by atoms with Gasteiger partial charge < -0.3 is 5.32 Å². The third kappa shape index (κ3) is 4.04. The highest BCUT2D eigenvalue weighted by Crippen LogP contribution is 2.20. The maximum absolute atomic E-state index is 12.5. The number of carbonyl (C=O) groups is 1. The summed E-state index contributed by atoms with van der Waals surface area (Å²) in [5.41, 5.74) is 0.818. The molecule has 0 atom stereocenters. The summed E-state index contributed by atoms with van der Waals surface area (Å²) in [7, 11) is -3.38. The number of hydrogen-bond donors (Lipinski definition) is 1. The standard InChI is InChI=1S/C15H22N2O3S/c1-2-16-15(18)12-13-6-8-14(9-7-13)21(19,20)17-10-4-3-5-11-17/h6-9H,2-5,10-12H2,1H3,(H,16,18). The summed E-state index contributed by atoms with van der Waals surface area (Å²) in [5.74, 6) is -0.0517. The first-order valence-corrected chi connectivity index (χ1v) is 8.84. The number of sulfonamides is 1. The van der Waals surface area contributed by atoms with E-state index in [1.165, 1.54) is 0 Å². The van der Waals surface area contributed by atoms with Gasteiger partial charge in [-0.15, -0.1) is 0 Å². The quantitative estimate of drug-likeness (QED) is 0.897. The van der Waals surface area contributed by atoms with Crippen LogP contribution in [0.3, 0.4) is 0 Å². The number of piperidine rings is 1. The van der Waals surface area contributed by atoms with Crippen molar-refractivity contribution < 1.29 is 13.2 Å². The lowest BCUT2D eigenvalue weighted by Gasteiger charge is -2.25. The lowest BCUT2D eigenvalue weighted by Crippen LogP contribution is -2.35. The van der Waals surface area contributed by atoms with Crippen molar-refractivity contribution >= 4 is 15.9 Å². The average Bonchev–Trinajstić information content (AvgIpc) is 2.49. The van der Waals surface area contributed by atoms with Crippen molar-refractivity contribution in [2.45, 2.75) is 37.5 Å². The highest BCUT2D eigenvalue weighted by atomic mass is 32.2. The summed E-state index contributed by atoms with van der Waals surface area (Å²) in [6, 6.07) is 6.62. The van der Waals surface area contributed by atoms with Crippen LogP contribution in [0.4, 0.5) is 0 Å². The summed E-state index contributed by atoms with van der Waals surface area (Å²) < 4.78 is 26.5. The molecular formula is C15H22N2O3S. The van der Waals surface area contributed by atoms with Crippen LogP contribution in [0.1, 0.15) is 31.7 Å². The van der Waals surface area contributed by atoms with Crippen LogP contribution in [-0.2, 0) is 21.2 Å². The van der Waals surface area contributed by atoms with Crippen molar-refractivity contribution in [3.8, 4) is 0 Å². The molecule has 0 bridgehead atoms. The zero-order valence-electron chi connectivity index (χ0n) is 12.3. The minimum atomic E-state index is -3.38. The predicted molar refractivity (Wildman–Crippen MR) is 81.4 cm³/mol. The first-order valence-electron chi connectivity index (χ1n) is 7.40. The molecule has 2 rings (SSSR count). The molecule has 0 saturated carbocycles. The molecule has 21 heavy (non-hydrogen) atoms. The molecular weight excluding hydrogens is 288 g/mol. The number of likely N-dealkylation sites (N-methyl/N-ethyl adjacent to an activating group) is 1. The second-order valence-electron chi connectivity index (χ2n) is 5.24. The summed E-state index contributed by atoms with van der Waals surface area (Å²) in [4.78, 5) is 11.8. The number of rotatable bonds is 5. The van der Waals surface area contributed by atoms with Crippen molar-refractivity contribution in [3.05, 3.63) is 29.8 Å². The highest BCUT2D eigenvalue weighted by Gasteiger charge is 2.25. The lowest BCUT2D eigenvalue weighted by molar-refractivity contribution is -0.120. The van der Waals surface area contributed by atoms with Gasteiger partial charge in [0.2, 0.25) is 15.9 Å². The molecule has 1 N–H and O–H groups in total. The molecule has 116 valence electrons. The van der Waals surface area contributed by atoms with Gasteiger partial charge in [0.1, 0.15) is 0 Å². The monoisotopic (exact) mass is 310 g/mol. The summed E-state index contributed by atoms with van der Waals surface area (Å²) in [5, 5.41) is 2.73. The molecule has 1 fully saturated rings. The van der Waals surface area contributed by atoms with E-state index in [1.54, 1.807) is 28.6 Å². The van der Waals surface area contributed by atoms with Crippen LogP contribution in [-0.4, -0.2) is 38.3 Å². The van der Waals surface area contributed by atoms with Crippen LogP contribution < -0.4 is 5.32 Å². The molecule has 1 aliphatic heterocycles. The Balaban J connectivity index is 2.09. The largest absolute Gasteiger partial charge is 0.356 e. The molecule has 1 heterocycles. The molecule has 0 aromatic heterocycles. The molecule has 5 nitrogen and oxygen atoms in total. The van der Waals surface area contributed by atoms with Crippen molar-refractivity contribution in [2.24, 2.45) is 0 Å². The van der Waals surface area contributed by atoms with E-state index in [1.807, 2.05) is 6.92 Å². The zero-order valence-corrected chi connectivity index (χ0v) is 13.2. The van der Waals surface area contributed by atoms with Crippen molar-refractivity contribution in [2.75, 3.05) is 19.6 Å². The smallest absolute Gasteiger partial charge is 0.243 e. The van der Waals surface area contributed by atoms with Crippen LogP contribution in [0.2, 0.25) is 0 Å². The molecule has 6 heteroatoms. The Morgan fingerprint density at radius 1 is 1.14 bits per heavy atom. The van der Waals surface area contributed by atoms with E-state index in [9.17, 15) is 13.2 Å². The summed E-state index contributed by atoms with van der Waals surface area (Å²) >= 11 is 0. The minimum Gasteiger partial charge on any atom is -0.356 e. The first-order chi connectivity index (χ1) is 10.0. The van der Waals surface area contributed by atoms with Gasteiger partial charge in [0, 0.05) is 19.6 Å². The number of benzene rings is 1. The van der Waals surface area contributed by atoms with Crippen molar-refractivity contribution in [1.29, 1.82) is 0 Å². The van der Waals surface area contributed by atoms with E-state index >= 15 is 0 Å². The Morgan fingerprint density at radius 2 is 1.76 bits per heavy atom. The second-order valence-corrected chi connectivity index (χ2v) is 7.18. The van der Waals surface area contributed by atoms with E-state index in [0.29, 0.717) is 24.5 Å². The van der Waals surface area contributed by atoms with E-state index < -0.39 is 10.0 Å². The number of carbonyl (C=O) groups excluding carboxylic acids is 1. The fraction of sp³-hybridized carbons (Fsp3) is 0.533. The van der Waals surface area contributed by atoms with Crippen LogP contribution in [0.5, 0.6) is 0 Å². The SMILES string of the molecule is CCNC(=O)Cc1ccc(S(=O)(=O)N2CCCCC2)cc1. The van der Waals surface area contributed by atoms with Gasteiger partial charge in [-0.05, 0) is 37.5 Å². The lowest BCUT2D eigenvalue weighted by atomic mass is 10.1. The third-order valence-electron chi connectivity index (χ3n) is 3.61. The molecule has 0 spiro atoms. The average molecular weight is 310 g/mol. The Kier molecular flexibility index (Phi) is 5.36. The summed E-state index contributed by atoms with van der Waals surface area (Å²) in [6.45, 7) is 3.67. The molecule has 1 saturated heterocycles. The minimum absolute atomic E-state index is 0.0517. The molecule has 1 aliphatic rings.